The van der Waals surface area contributed by atoms with Crippen molar-refractivity contribution >= 4 is 0 Å². The van der Waals surface area contributed by atoms with E-state index in [1.165, 1.54) is 58.2 Å². The van der Waals surface area contributed by atoms with E-state index in [4.69, 9.17) is 0 Å². The second kappa shape index (κ2) is 5.50. The quantitative estimate of drug-likeness (QED) is 0.829. The second-order valence-electron chi connectivity index (χ2n) is 7.72. The van der Waals surface area contributed by atoms with Crippen LogP contribution in [0.4, 0.5) is 0 Å². The third-order valence-corrected chi connectivity index (χ3v) is 5.42. The zero-order valence-corrected chi connectivity index (χ0v) is 12.9. The van der Waals surface area contributed by atoms with Gasteiger partial charge in [-0.25, -0.2) is 0 Å². The zero-order valence-electron chi connectivity index (χ0n) is 12.9. The average Bonchev–Trinajstić information content (AvgIpc) is 2.75. The Labute approximate surface area is 114 Å². The van der Waals surface area contributed by atoms with Gasteiger partial charge in [-0.05, 0) is 56.7 Å². The molecule has 0 amide bonds. The van der Waals surface area contributed by atoms with Crippen molar-refractivity contribution in [1.29, 1.82) is 0 Å². The smallest absolute Gasteiger partial charge is 0.0240 e. The van der Waals surface area contributed by atoms with Crippen molar-refractivity contribution in [2.24, 2.45) is 10.8 Å². The number of hydrogen-bond acceptors (Lipinski definition) is 2. The maximum atomic E-state index is 3.51. The van der Waals surface area contributed by atoms with E-state index in [-0.39, 0.29) is 0 Å². The molecule has 106 valence electrons. The number of likely N-dealkylation sites (tertiary alicyclic amines) is 1. The van der Waals surface area contributed by atoms with Crippen molar-refractivity contribution < 1.29 is 0 Å². The van der Waals surface area contributed by atoms with Gasteiger partial charge in [0.25, 0.3) is 0 Å². The van der Waals surface area contributed by atoms with Crippen LogP contribution in [0.1, 0.15) is 59.3 Å². The van der Waals surface area contributed by atoms with Gasteiger partial charge in [0.2, 0.25) is 0 Å². The molecule has 1 N–H and O–H groups in total. The monoisotopic (exact) mass is 252 g/mol. The van der Waals surface area contributed by atoms with E-state index >= 15 is 0 Å². The van der Waals surface area contributed by atoms with Gasteiger partial charge in [0.1, 0.15) is 0 Å². The van der Waals surface area contributed by atoms with Gasteiger partial charge in [0.15, 0.2) is 0 Å². The molecule has 0 aromatic rings. The van der Waals surface area contributed by atoms with Gasteiger partial charge in [-0.15, -0.1) is 0 Å². The van der Waals surface area contributed by atoms with Crippen LogP contribution < -0.4 is 5.32 Å². The fourth-order valence-electron chi connectivity index (χ4n) is 3.89. The predicted molar refractivity (Wildman–Crippen MR) is 78.9 cm³/mol. The van der Waals surface area contributed by atoms with Crippen molar-refractivity contribution in [3.8, 4) is 0 Å². The molecule has 1 saturated heterocycles. The standard InChI is InChI=1S/C16H32N2/c1-15(2,3)14(17-4)13-18-11-9-16(10-12-18)7-5-6-8-16/h14,17H,5-13H2,1-4H3. The molecule has 2 aliphatic rings. The third kappa shape index (κ3) is 3.27. The summed E-state index contributed by atoms with van der Waals surface area (Å²) >= 11 is 0. The molecule has 1 unspecified atom stereocenters. The molecule has 2 rings (SSSR count). The van der Waals surface area contributed by atoms with Gasteiger partial charge < -0.3 is 10.2 Å². The first kappa shape index (κ1) is 14.3. The Morgan fingerprint density at radius 3 is 2.06 bits per heavy atom. The summed E-state index contributed by atoms with van der Waals surface area (Å²) in [6, 6.07) is 0.607. The minimum atomic E-state index is 0.358. The van der Waals surface area contributed by atoms with E-state index in [2.05, 4.69) is 38.0 Å². The molecular weight excluding hydrogens is 220 g/mol. The van der Waals surface area contributed by atoms with E-state index < -0.39 is 0 Å². The van der Waals surface area contributed by atoms with Crippen LogP contribution in [0.5, 0.6) is 0 Å². The van der Waals surface area contributed by atoms with Crippen LogP contribution in [0, 0.1) is 10.8 Å². The Morgan fingerprint density at radius 2 is 1.61 bits per heavy atom. The summed E-state index contributed by atoms with van der Waals surface area (Å²) in [5.74, 6) is 0. The molecule has 2 heteroatoms. The van der Waals surface area contributed by atoms with Crippen molar-refractivity contribution in [2.75, 3.05) is 26.7 Å². The SMILES string of the molecule is CNC(CN1CCC2(CCCC2)CC1)C(C)(C)C. The summed E-state index contributed by atoms with van der Waals surface area (Å²) in [7, 11) is 2.11. The third-order valence-electron chi connectivity index (χ3n) is 5.42. The van der Waals surface area contributed by atoms with Crippen molar-refractivity contribution in [3.05, 3.63) is 0 Å². The molecule has 0 aromatic carbocycles. The van der Waals surface area contributed by atoms with E-state index in [9.17, 15) is 0 Å². The minimum Gasteiger partial charge on any atom is -0.315 e. The van der Waals surface area contributed by atoms with Crippen LogP contribution in [-0.2, 0) is 0 Å². The highest BCUT2D eigenvalue weighted by Gasteiger charge is 2.37. The number of hydrogen-bond donors (Lipinski definition) is 1. The Hall–Kier alpha value is -0.0800. The van der Waals surface area contributed by atoms with E-state index in [1.54, 1.807) is 0 Å². The molecule has 1 heterocycles. The van der Waals surface area contributed by atoms with E-state index in [1.807, 2.05) is 0 Å². The summed E-state index contributed by atoms with van der Waals surface area (Å²) in [4.78, 5) is 2.69. The average molecular weight is 252 g/mol. The molecule has 2 nitrogen and oxygen atoms in total. The molecule has 1 saturated carbocycles. The largest absolute Gasteiger partial charge is 0.315 e. The first-order valence-electron chi connectivity index (χ1n) is 7.85. The highest BCUT2D eigenvalue weighted by molar-refractivity contribution is 4.91. The highest BCUT2D eigenvalue weighted by Crippen LogP contribution is 2.46. The van der Waals surface area contributed by atoms with Crippen LogP contribution in [0.3, 0.4) is 0 Å². The molecule has 2 fully saturated rings. The molecule has 1 atom stereocenters. The second-order valence-corrected chi connectivity index (χ2v) is 7.72. The fourth-order valence-corrected chi connectivity index (χ4v) is 3.89. The zero-order chi connectivity index (χ0) is 13.2. The molecule has 1 spiro atoms. The van der Waals surface area contributed by atoms with Gasteiger partial charge >= 0.3 is 0 Å². The minimum absolute atomic E-state index is 0.358. The summed E-state index contributed by atoms with van der Waals surface area (Å²) < 4.78 is 0. The lowest BCUT2D eigenvalue weighted by atomic mass is 9.76. The molecule has 1 aliphatic heterocycles. The lowest BCUT2D eigenvalue weighted by Gasteiger charge is -2.42. The number of nitrogens with one attached hydrogen (secondary N) is 1. The Bertz CT molecular complexity index is 251. The molecule has 1 aliphatic carbocycles. The number of nitrogens with zero attached hydrogens (tertiary/aromatic N) is 1. The Kier molecular flexibility index (Phi) is 4.38. The number of rotatable bonds is 3. The normalized spacial score (nSPS) is 26.7. The van der Waals surface area contributed by atoms with Crippen LogP contribution in [-0.4, -0.2) is 37.6 Å². The van der Waals surface area contributed by atoms with Gasteiger partial charge in [-0.2, -0.15) is 0 Å². The predicted octanol–water partition coefficient (Wildman–Crippen LogP) is 3.28. The Morgan fingerprint density at radius 1 is 1.06 bits per heavy atom. The molecular formula is C16H32N2. The van der Waals surface area contributed by atoms with Crippen LogP contribution >= 0.6 is 0 Å². The lowest BCUT2D eigenvalue weighted by molar-refractivity contribution is 0.0861. The topological polar surface area (TPSA) is 15.3 Å². The first-order valence-corrected chi connectivity index (χ1v) is 7.85. The van der Waals surface area contributed by atoms with Gasteiger partial charge in [0, 0.05) is 12.6 Å². The maximum Gasteiger partial charge on any atom is 0.0240 e. The van der Waals surface area contributed by atoms with E-state index in [0.717, 1.165) is 5.41 Å². The number of likely N-dealkylation sites (N-methyl/N-ethyl adjacent to an activating group) is 1. The van der Waals surface area contributed by atoms with Crippen LogP contribution in [0.2, 0.25) is 0 Å². The van der Waals surface area contributed by atoms with Gasteiger partial charge in [-0.1, -0.05) is 33.6 Å². The van der Waals surface area contributed by atoms with Crippen LogP contribution in [0.25, 0.3) is 0 Å². The lowest BCUT2D eigenvalue weighted by Crippen LogP contribution is -2.50. The van der Waals surface area contributed by atoms with E-state index in [0.29, 0.717) is 11.5 Å². The van der Waals surface area contributed by atoms with Gasteiger partial charge in [0.05, 0.1) is 0 Å². The van der Waals surface area contributed by atoms with Crippen LogP contribution in [0.15, 0.2) is 0 Å². The molecule has 0 aromatic heterocycles. The maximum absolute atomic E-state index is 3.51. The molecule has 0 radical (unpaired) electrons. The molecule has 0 bridgehead atoms. The fraction of sp³-hybridized carbons (Fsp3) is 1.00. The van der Waals surface area contributed by atoms with Crippen molar-refractivity contribution in [2.45, 2.75) is 65.3 Å². The number of piperidine rings is 1. The molecule has 18 heavy (non-hydrogen) atoms. The summed E-state index contributed by atoms with van der Waals surface area (Å²) in [5, 5.41) is 3.51. The van der Waals surface area contributed by atoms with Crippen molar-refractivity contribution in [3.63, 3.8) is 0 Å². The first-order chi connectivity index (χ1) is 8.45. The Balaban J connectivity index is 1.82. The van der Waals surface area contributed by atoms with Gasteiger partial charge in [-0.3, -0.25) is 0 Å². The summed E-state index contributed by atoms with van der Waals surface area (Å²) in [6.07, 6.45) is 8.90. The summed E-state index contributed by atoms with van der Waals surface area (Å²) in [6.45, 7) is 10.9. The highest BCUT2D eigenvalue weighted by atomic mass is 15.2. The van der Waals surface area contributed by atoms with Crippen molar-refractivity contribution in [1.82, 2.24) is 10.2 Å². The summed E-state index contributed by atoms with van der Waals surface area (Å²) in [5.41, 5.74) is 1.12.